The summed E-state index contributed by atoms with van der Waals surface area (Å²) in [7, 11) is 0. The fourth-order valence-corrected chi connectivity index (χ4v) is 5.72. The number of anilines is 3. The zero-order valence-corrected chi connectivity index (χ0v) is 21.3. The smallest absolute Gasteiger partial charge is 0.111 e. The summed E-state index contributed by atoms with van der Waals surface area (Å²) in [4.78, 5) is 17.5. The molecule has 3 heterocycles. The van der Waals surface area contributed by atoms with Crippen LogP contribution >= 0.6 is 0 Å². The van der Waals surface area contributed by atoms with Crippen LogP contribution in [0.3, 0.4) is 0 Å². The number of para-hydroxylation sites is 4. The number of aryl methyl sites for hydroxylation is 1. The zero-order valence-electron chi connectivity index (χ0n) is 21.3. The van der Waals surface area contributed by atoms with Gasteiger partial charge in [-0.3, -0.25) is 4.57 Å². The minimum absolute atomic E-state index is 0.863. The van der Waals surface area contributed by atoms with E-state index in [-0.39, 0.29) is 0 Å². The Balaban J connectivity index is 1.43. The number of benzene rings is 5. The molecule has 0 radical (unpaired) electrons. The van der Waals surface area contributed by atoms with E-state index >= 15 is 0 Å². The molecule has 0 saturated heterocycles. The first-order valence-electron chi connectivity index (χ1n) is 13.1. The minimum atomic E-state index is 0.863. The summed E-state index contributed by atoms with van der Waals surface area (Å²) < 4.78 is 2.27. The molecular formula is C34H23N5. The lowest BCUT2D eigenvalue weighted by Gasteiger charge is -2.33. The van der Waals surface area contributed by atoms with Gasteiger partial charge >= 0.3 is 0 Å². The molecule has 5 heteroatoms. The highest BCUT2D eigenvalue weighted by Gasteiger charge is 2.29. The van der Waals surface area contributed by atoms with Crippen molar-refractivity contribution in [2.75, 3.05) is 4.90 Å². The van der Waals surface area contributed by atoms with Crippen LogP contribution < -0.4 is 4.90 Å². The maximum atomic E-state index is 5.16. The Morgan fingerprint density at radius 3 is 1.87 bits per heavy atom. The van der Waals surface area contributed by atoms with Crippen molar-refractivity contribution in [2.45, 2.75) is 6.92 Å². The molecule has 1 aliphatic rings. The van der Waals surface area contributed by atoms with Gasteiger partial charge in [0.25, 0.3) is 0 Å². The van der Waals surface area contributed by atoms with Gasteiger partial charge in [0.15, 0.2) is 0 Å². The van der Waals surface area contributed by atoms with E-state index in [1.807, 2.05) is 42.5 Å². The number of rotatable bonds is 3. The first-order valence-corrected chi connectivity index (χ1v) is 13.1. The number of aromatic nitrogens is 4. The lowest BCUT2D eigenvalue weighted by Crippen LogP contribution is -2.18. The average Bonchev–Trinajstić information content (AvgIpc) is 3.34. The maximum Gasteiger partial charge on any atom is 0.111 e. The van der Waals surface area contributed by atoms with Crippen molar-refractivity contribution in [3.63, 3.8) is 0 Å². The fraction of sp³-hybridized carbons (Fsp3) is 0.0294. The largest absolute Gasteiger partial charge is 0.306 e. The van der Waals surface area contributed by atoms with E-state index in [4.69, 9.17) is 15.0 Å². The van der Waals surface area contributed by atoms with E-state index < -0.39 is 0 Å². The van der Waals surface area contributed by atoms with Crippen LogP contribution in [0.2, 0.25) is 0 Å². The van der Waals surface area contributed by atoms with E-state index in [9.17, 15) is 0 Å². The van der Waals surface area contributed by atoms with Gasteiger partial charge in [0.1, 0.15) is 5.82 Å². The Kier molecular flexibility index (Phi) is 4.67. The van der Waals surface area contributed by atoms with Crippen molar-refractivity contribution in [3.8, 4) is 28.2 Å². The molecule has 0 N–H and O–H groups in total. The van der Waals surface area contributed by atoms with Crippen LogP contribution in [0.25, 0.3) is 50.3 Å². The summed E-state index contributed by atoms with van der Waals surface area (Å²) >= 11 is 0. The molecule has 0 unspecified atom stereocenters. The van der Waals surface area contributed by atoms with Gasteiger partial charge in [-0.2, -0.15) is 0 Å². The van der Waals surface area contributed by atoms with E-state index in [0.717, 1.165) is 73.2 Å². The van der Waals surface area contributed by atoms with Crippen LogP contribution in [0.15, 0.2) is 121 Å². The van der Waals surface area contributed by atoms with Crippen molar-refractivity contribution in [1.29, 1.82) is 0 Å². The third-order valence-electron chi connectivity index (χ3n) is 7.43. The molecule has 0 atom stereocenters. The molecule has 0 spiro atoms. The highest BCUT2D eigenvalue weighted by Crippen LogP contribution is 2.48. The van der Waals surface area contributed by atoms with Crippen LogP contribution in [-0.2, 0) is 0 Å². The Bertz CT molecular complexity index is 2030. The Morgan fingerprint density at radius 1 is 0.487 bits per heavy atom. The maximum absolute atomic E-state index is 5.16. The summed E-state index contributed by atoms with van der Waals surface area (Å²) in [5.74, 6) is 0.967. The third-order valence-corrected chi connectivity index (χ3v) is 7.43. The molecule has 0 bridgehead atoms. The summed E-state index contributed by atoms with van der Waals surface area (Å²) in [6, 6.07) is 41.8. The third kappa shape index (κ3) is 3.30. The minimum Gasteiger partial charge on any atom is -0.306 e. The second-order valence-corrected chi connectivity index (χ2v) is 9.79. The standard InChI is InChI=1S/C34H23N5/c1-22-35-28-17-10-18-30-34(28)38(22)29-20-19-24(21-31(29)39(30)25-13-6-3-7-14-25)33-32(23-11-4-2-5-12-23)36-26-15-8-9-16-27(26)37-33/h2-21H,1H3. The molecule has 7 aromatic rings. The SMILES string of the molecule is Cc1nc2cccc3c2n1-c1ccc(-c2nc4ccccc4nc2-c2ccccc2)cc1N3c1ccccc1. The molecule has 1 aliphatic heterocycles. The van der Waals surface area contributed by atoms with Crippen LogP contribution in [-0.4, -0.2) is 19.5 Å². The Morgan fingerprint density at radius 2 is 1.13 bits per heavy atom. The summed E-state index contributed by atoms with van der Waals surface area (Å²) in [6.45, 7) is 2.07. The van der Waals surface area contributed by atoms with Gasteiger partial charge in [-0.25, -0.2) is 15.0 Å². The molecular weight excluding hydrogens is 478 g/mol. The van der Waals surface area contributed by atoms with Crippen molar-refractivity contribution >= 4 is 39.1 Å². The van der Waals surface area contributed by atoms with Gasteiger partial charge in [0.05, 0.1) is 50.5 Å². The first kappa shape index (κ1) is 21.8. The summed E-state index contributed by atoms with van der Waals surface area (Å²) in [5, 5.41) is 0. The molecule has 0 amide bonds. The fourth-order valence-electron chi connectivity index (χ4n) is 5.72. The molecule has 5 aromatic carbocycles. The van der Waals surface area contributed by atoms with Gasteiger partial charge < -0.3 is 4.90 Å². The zero-order chi connectivity index (χ0) is 25.9. The summed E-state index contributed by atoms with van der Waals surface area (Å²) in [5.41, 5.74) is 12.0. The van der Waals surface area contributed by atoms with Gasteiger partial charge in [-0.1, -0.05) is 72.8 Å². The predicted molar refractivity (Wildman–Crippen MR) is 158 cm³/mol. The average molecular weight is 502 g/mol. The van der Waals surface area contributed by atoms with Crippen molar-refractivity contribution in [1.82, 2.24) is 19.5 Å². The van der Waals surface area contributed by atoms with Crippen LogP contribution in [0.5, 0.6) is 0 Å². The first-order chi connectivity index (χ1) is 19.3. The topological polar surface area (TPSA) is 46.8 Å². The molecule has 0 aliphatic carbocycles. The number of imidazole rings is 1. The second-order valence-electron chi connectivity index (χ2n) is 9.79. The van der Waals surface area contributed by atoms with E-state index in [0.29, 0.717) is 0 Å². The van der Waals surface area contributed by atoms with Crippen molar-refractivity contribution in [2.24, 2.45) is 0 Å². The summed E-state index contributed by atoms with van der Waals surface area (Å²) in [6.07, 6.45) is 0. The molecule has 2 aromatic heterocycles. The van der Waals surface area contributed by atoms with Gasteiger partial charge in [-0.05, 0) is 55.5 Å². The van der Waals surface area contributed by atoms with Crippen molar-refractivity contribution in [3.05, 3.63) is 127 Å². The van der Waals surface area contributed by atoms with E-state index in [2.05, 4.69) is 95.3 Å². The molecule has 5 nitrogen and oxygen atoms in total. The normalized spacial score (nSPS) is 12.2. The second kappa shape index (κ2) is 8.36. The quantitative estimate of drug-likeness (QED) is 0.244. The number of hydrogen-bond acceptors (Lipinski definition) is 4. The highest BCUT2D eigenvalue weighted by molar-refractivity contribution is 6.02. The van der Waals surface area contributed by atoms with Gasteiger partial charge in [0.2, 0.25) is 0 Å². The number of hydrogen-bond donors (Lipinski definition) is 0. The van der Waals surface area contributed by atoms with Crippen LogP contribution in [0.4, 0.5) is 17.1 Å². The molecule has 39 heavy (non-hydrogen) atoms. The number of nitrogens with zero attached hydrogens (tertiary/aromatic N) is 5. The lowest BCUT2D eigenvalue weighted by molar-refractivity contribution is 0.982. The van der Waals surface area contributed by atoms with Crippen LogP contribution in [0.1, 0.15) is 5.82 Å². The molecule has 0 saturated carbocycles. The molecule has 184 valence electrons. The highest BCUT2D eigenvalue weighted by atomic mass is 15.2. The van der Waals surface area contributed by atoms with Crippen LogP contribution in [0, 0.1) is 6.92 Å². The van der Waals surface area contributed by atoms with E-state index in [1.165, 1.54) is 0 Å². The monoisotopic (exact) mass is 501 g/mol. The van der Waals surface area contributed by atoms with Gasteiger partial charge in [-0.15, -0.1) is 0 Å². The predicted octanol–water partition coefficient (Wildman–Crippen LogP) is 8.39. The van der Waals surface area contributed by atoms with Crippen molar-refractivity contribution < 1.29 is 0 Å². The van der Waals surface area contributed by atoms with E-state index in [1.54, 1.807) is 0 Å². The Hall–Kier alpha value is -5.29. The Labute approximate surface area is 225 Å². The number of fused-ring (bicyclic) bond motifs is 3. The lowest BCUT2D eigenvalue weighted by atomic mass is 10.0. The van der Waals surface area contributed by atoms with Gasteiger partial charge in [0, 0.05) is 16.8 Å². The molecule has 0 fully saturated rings. The molecule has 8 rings (SSSR count).